The fraction of sp³-hybridized carbons (Fsp3) is 0.308. The molecular weight excluding hydrogens is 390 g/mol. The van der Waals surface area contributed by atoms with Crippen molar-refractivity contribution in [3.63, 3.8) is 0 Å². The Balaban J connectivity index is 1.69. The summed E-state index contributed by atoms with van der Waals surface area (Å²) in [5.74, 6) is 8.34. The van der Waals surface area contributed by atoms with E-state index in [1.165, 1.54) is 5.56 Å². The molecule has 2 N–H and O–H groups in total. The molecule has 5 nitrogen and oxygen atoms in total. The lowest BCUT2D eigenvalue weighted by molar-refractivity contribution is 0.0794. The first-order valence-electron chi connectivity index (χ1n) is 10.5. The van der Waals surface area contributed by atoms with E-state index in [4.69, 9.17) is 24.9 Å². The molecule has 2 unspecified atom stereocenters. The van der Waals surface area contributed by atoms with Gasteiger partial charge in [0, 0.05) is 11.6 Å². The lowest BCUT2D eigenvalue weighted by atomic mass is 9.98. The second-order valence-electron chi connectivity index (χ2n) is 7.53. The van der Waals surface area contributed by atoms with Crippen LogP contribution in [0.5, 0.6) is 17.2 Å². The maximum atomic E-state index is 5.95. The van der Waals surface area contributed by atoms with Gasteiger partial charge < -0.3 is 14.2 Å². The van der Waals surface area contributed by atoms with E-state index in [1.54, 1.807) is 14.2 Å². The molecule has 3 aromatic rings. The standard InChI is InChI=1S/C26H31NO4/c1-5-18(2)20-8-6-19(7-9-20)17-30-22-12-10-21(11-13-22)26(31-27)24-15-14-23(28-3)16-25(24)29-4/h6-16,18,26H,5,17,27H2,1-4H3. The number of rotatable bonds is 10. The molecule has 31 heavy (non-hydrogen) atoms. The predicted octanol–water partition coefficient (Wildman–Crippen LogP) is 5.78. The average Bonchev–Trinajstić information content (AvgIpc) is 2.83. The Labute approximate surface area is 184 Å². The topological polar surface area (TPSA) is 62.9 Å². The summed E-state index contributed by atoms with van der Waals surface area (Å²) in [4.78, 5) is 5.29. The maximum Gasteiger partial charge on any atom is 0.132 e. The van der Waals surface area contributed by atoms with Crippen LogP contribution < -0.4 is 20.1 Å². The molecule has 164 valence electrons. The SMILES string of the molecule is CCC(C)c1ccc(COc2ccc(C(ON)c3ccc(OC)cc3OC)cc2)cc1. The minimum absolute atomic E-state index is 0.469. The molecule has 0 amide bonds. The molecule has 0 aliphatic rings. The second-order valence-corrected chi connectivity index (χ2v) is 7.53. The number of nitrogens with two attached hydrogens (primary N) is 1. The zero-order chi connectivity index (χ0) is 22.2. The Morgan fingerprint density at radius 2 is 1.45 bits per heavy atom. The third-order valence-electron chi connectivity index (χ3n) is 5.61. The van der Waals surface area contributed by atoms with E-state index in [0.717, 1.165) is 28.9 Å². The first kappa shape index (κ1) is 22.7. The van der Waals surface area contributed by atoms with Crippen molar-refractivity contribution in [1.29, 1.82) is 0 Å². The van der Waals surface area contributed by atoms with Gasteiger partial charge >= 0.3 is 0 Å². The van der Waals surface area contributed by atoms with Crippen molar-refractivity contribution in [2.24, 2.45) is 5.90 Å². The molecule has 0 aliphatic heterocycles. The lowest BCUT2D eigenvalue weighted by Gasteiger charge is -2.19. The van der Waals surface area contributed by atoms with Gasteiger partial charge in [0.05, 0.1) is 14.2 Å². The number of methoxy groups -OCH3 is 2. The number of ether oxygens (including phenoxy) is 3. The van der Waals surface area contributed by atoms with Crippen LogP contribution in [-0.4, -0.2) is 14.2 Å². The Bertz CT molecular complexity index is 954. The quantitative estimate of drug-likeness (QED) is 0.421. The van der Waals surface area contributed by atoms with Gasteiger partial charge in [-0.05, 0) is 53.3 Å². The van der Waals surface area contributed by atoms with Crippen LogP contribution in [0.15, 0.2) is 66.7 Å². The van der Waals surface area contributed by atoms with Gasteiger partial charge in [-0.1, -0.05) is 50.2 Å². The molecule has 0 aromatic heterocycles. The van der Waals surface area contributed by atoms with Crippen LogP contribution in [0.25, 0.3) is 0 Å². The van der Waals surface area contributed by atoms with E-state index >= 15 is 0 Å². The molecule has 2 atom stereocenters. The summed E-state index contributed by atoms with van der Waals surface area (Å²) in [5.41, 5.74) is 4.22. The Kier molecular flexibility index (Phi) is 7.93. The molecule has 0 saturated heterocycles. The van der Waals surface area contributed by atoms with Gasteiger partial charge in [-0.15, -0.1) is 0 Å². The maximum absolute atomic E-state index is 5.95. The normalized spacial score (nSPS) is 12.8. The molecule has 3 aromatic carbocycles. The highest BCUT2D eigenvalue weighted by molar-refractivity contribution is 5.46. The Morgan fingerprint density at radius 1 is 0.806 bits per heavy atom. The second kappa shape index (κ2) is 10.8. The summed E-state index contributed by atoms with van der Waals surface area (Å²) in [7, 11) is 3.22. The van der Waals surface area contributed by atoms with Gasteiger partial charge in [0.1, 0.15) is 30.0 Å². The smallest absolute Gasteiger partial charge is 0.132 e. The van der Waals surface area contributed by atoms with Crippen LogP contribution in [0.4, 0.5) is 0 Å². The lowest BCUT2D eigenvalue weighted by Crippen LogP contribution is -2.12. The van der Waals surface area contributed by atoms with Gasteiger partial charge in [-0.2, -0.15) is 0 Å². The first-order chi connectivity index (χ1) is 15.1. The summed E-state index contributed by atoms with van der Waals surface area (Å²) in [6.45, 7) is 4.96. The van der Waals surface area contributed by atoms with Crippen LogP contribution in [-0.2, 0) is 11.4 Å². The van der Waals surface area contributed by atoms with E-state index in [0.29, 0.717) is 24.0 Å². The van der Waals surface area contributed by atoms with Crippen molar-refractivity contribution in [2.45, 2.75) is 38.9 Å². The third-order valence-corrected chi connectivity index (χ3v) is 5.61. The zero-order valence-electron chi connectivity index (χ0n) is 18.6. The monoisotopic (exact) mass is 421 g/mol. The molecule has 0 spiro atoms. The molecule has 3 rings (SSSR count). The Hall–Kier alpha value is -3.02. The molecule has 0 heterocycles. The van der Waals surface area contributed by atoms with Crippen LogP contribution in [0.3, 0.4) is 0 Å². The van der Waals surface area contributed by atoms with Crippen molar-refractivity contribution in [1.82, 2.24) is 0 Å². The van der Waals surface area contributed by atoms with Crippen LogP contribution in [0.1, 0.15) is 54.5 Å². The van der Waals surface area contributed by atoms with Gasteiger partial charge in [-0.25, -0.2) is 5.90 Å². The average molecular weight is 422 g/mol. The number of benzene rings is 3. The molecule has 0 bridgehead atoms. The van der Waals surface area contributed by atoms with Gasteiger partial charge in [0.15, 0.2) is 0 Å². The molecule has 0 saturated carbocycles. The number of hydrogen-bond acceptors (Lipinski definition) is 5. The molecule has 5 heteroatoms. The zero-order valence-corrected chi connectivity index (χ0v) is 18.6. The summed E-state index contributed by atoms with van der Waals surface area (Å²) in [5, 5.41) is 0. The van der Waals surface area contributed by atoms with Crippen LogP contribution >= 0.6 is 0 Å². The predicted molar refractivity (Wildman–Crippen MR) is 123 cm³/mol. The van der Waals surface area contributed by atoms with E-state index in [1.807, 2.05) is 42.5 Å². The largest absolute Gasteiger partial charge is 0.497 e. The van der Waals surface area contributed by atoms with Crippen molar-refractivity contribution < 1.29 is 19.0 Å². The van der Waals surface area contributed by atoms with Gasteiger partial charge in [-0.3, -0.25) is 4.84 Å². The van der Waals surface area contributed by atoms with E-state index in [9.17, 15) is 0 Å². The summed E-state index contributed by atoms with van der Waals surface area (Å²) < 4.78 is 16.7. The molecule has 0 radical (unpaired) electrons. The highest BCUT2D eigenvalue weighted by Crippen LogP contribution is 2.35. The minimum Gasteiger partial charge on any atom is -0.497 e. The number of hydrogen-bond donors (Lipinski definition) is 1. The van der Waals surface area contributed by atoms with E-state index in [-0.39, 0.29) is 0 Å². The van der Waals surface area contributed by atoms with Crippen molar-refractivity contribution in [3.05, 3.63) is 89.0 Å². The highest BCUT2D eigenvalue weighted by Gasteiger charge is 2.19. The van der Waals surface area contributed by atoms with E-state index < -0.39 is 6.10 Å². The van der Waals surface area contributed by atoms with Crippen molar-refractivity contribution in [2.75, 3.05) is 14.2 Å². The first-order valence-corrected chi connectivity index (χ1v) is 10.5. The highest BCUT2D eigenvalue weighted by atomic mass is 16.6. The molecule has 0 fully saturated rings. The minimum atomic E-state index is -0.469. The van der Waals surface area contributed by atoms with Gasteiger partial charge in [0.25, 0.3) is 0 Å². The molecule has 0 aliphatic carbocycles. The van der Waals surface area contributed by atoms with Crippen LogP contribution in [0.2, 0.25) is 0 Å². The van der Waals surface area contributed by atoms with Gasteiger partial charge in [0.2, 0.25) is 0 Å². The fourth-order valence-corrected chi connectivity index (χ4v) is 3.45. The summed E-state index contributed by atoms with van der Waals surface area (Å²) >= 11 is 0. The Morgan fingerprint density at radius 3 is 2.03 bits per heavy atom. The fourth-order valence-electron chi connectivity index (χ4n) is 3.45. The van der Waals surface area contributed by atoms with Crippen LogP contribution in [0, 0.1) is 0 Å². The molecular formula is C26H31NO4. The summed E-state index contributed by atoms with van der Waals surface area (Å²) in [6, 6.07) is 21.9. The van der Waals surface area contributed by atoms with E-state index in [2.05, 4.69) is 38.1 Å². The van der Waals surface area contributed by atoms with Crippen molar-refractivity contribution in [3.8, 4) is 17.2 Å². The third kappa shape index (κ3) is 5.57. The van der Waals surface area contributed by atoms with Crippen molar-refractivity contribution >= 4 is 0 Å². The summed E-state index contributed by atoms with van der Waals surface area (Å²) in [6.07, 6.45) is 0.668.